The van der Waals surface area contributed by atoms with Gasteiger partial charge in [0, 0.05) is 25.2 Å². The van der Waals surface area contributed by atoms with E-state index >= 15 is 0 Å². The summed E-state index contributed by atoms with van der Waals surface area (Å²) in [5.41, 5.74) is 1.26. The second kappa shape index (κ2) is 7.09. The van der Waals surface area contributed by atoms with Crippen LogP contribution in [-0.2, 0) is 18.3 Å². The maximum Gasteiger partial charge on any atom is 0.254 e. The third-order valence-corrected chi connectivity index (χ3v) is 4.55. The monoisotopic (exact) mass is 344 g/mol. The van der Waals surface area contributed by atoms with E-state index in [4.69, 9.17) is 4.74 Å². The van der Waals surface area contributed by atoms with E-state index in [1.165, 1.54) is 12.1 Å². The van der Waals surface area contributed by atoms with Crippen LogP contribution in [0.2, 0.25) is 0 Å². The third kappa shape index (κ3) is 3.90. The molecule has 0 saturated carbocycles. The largest absolute Gasteiger partial charge is 0.486 e. The van der Waals surface area contributed by atoms with E-state index in [-0.39, 0.29) is 29.8 Å². The van der Waals surface area contributed by atoms with E-state index < -0.39 is 0 Å². The van der Waals surface area contributed by atoms with Crippen molar-refractivity contribution in [1.29, 1.82) is 0 Å². The van der Waals surface area contributed by atoms with Gasteiger partial charge in [-0.3, -0.25) is 9.59 Å². The first kappa shape index (κ1) is 17.2. The molecule has 25 heavy (non-hydrogen) atoms. The minimum atomic E-state index is -0.277. The number of benzene rings is 1. The Bertz CT molecular complexity index is 841. The molecule has 0 bridgehead atoms. The maximum atomic E-state index is 13.6. The van der Waals surface area contributed by atoms with Gasteiger partial charge in [0.15, 0.2) is 0 Å². The van der Waals surface area contributed by atoms with Crippen LogP contribution in [0.15, 0.2) is 41.2 Å². The SMILES string of the molecule is Cc1cc(OC2CN(C(=O)CCc3ccccc3F)C2)cc(=O)n1C. The van der Waals surface area contributed by atoms with E-state index in [1.54, 1.807) is 34.7 Å². The maximum absolute atomic E-state index is 13.6. The molecule has 0 radical (unpaired) electrons. The number of carbonyl (C=O) groups excluding carboxylic acids is 1. The molecule has 1 amide bonds. The number of nitrogens with zero attached hydrogens (tertiary/aromatic N) is 2. The van der Waals surface area contributed by atoms with Crippen molar-refractivity contribution >= 4 is 5.91 Å². The van der Waals surface area contributed by atoms with Gasteiger partial charge in [0.05, 0.1) is 13.1 Å². The number of aryl methyl sites for hydroxylation is 2. The molecule has 2 heterocycles. The fourth-order valence-electron chi connectivity index (χ4n) is 2.81. The summed E-state index contributed by atoms with van der Waals surface area (Å²) in [6, 6.07) is 9.77. The molecule has 6 heteroatoms. The van der Waals surface area contributed by atoms with Crippen LogP contribution in [0.5, 0.6) is 5.75 Å². The number of ether oxygens (including phenoxy) is 1. The molecule has 1 aliphatic heterocycles. The highest BCUT2D eigenvalue weighted by molar-refractivity contribution is 5.77. The number of hydrogen-bond acceptors (Lipinski definition) is 3. The molecule has 3 rings (SSSR count). The van der Waals surface area contributed by atoms with Crippen molar-refractivity contribution in [3.63, 3.8) is 0 Å². The molecule has 2 aromatic rings. The first-order valence-electron chi connectivity index (χ1n) is 8.29. The van der Waals surface area contributed by atoms with Gasteiger partial charge in [0.2, 0.25) is 5.91 Å². The van der Waals surface area contributed by atoms with Gasteiger partial charge in [-0.25, -0.2) is 4.39 Å². The number of likely N-dealkylation sites (tertiary alicyclic amines) is 1. The summed E-state index contributed by atoms with van der Waals surface area (Å²) in [6.45, 7) is 2.82. The van der Waals surface area contributed by atoms with Crippen LogP contribution >= 0.6 is 0 Å². The summed E-state index contributed by atoms with van der Waals surface area (Å²) in [5.74, 6) is 0.244. The van der Waals surface area contributed by atoms with Crippen LogP contribution in [0.3, 0.4) is 0 Å². The molecular formula is C19H21FN2O3. The Morgan fingerprint density at radius 2 is 2.00 bits per heavy atom. The molecule has 1 aromatic carbocycles. The summed E-state index contributed by atoms with van der Waals surface area (Å²) in [4.78, 5) is 25.6. The van der Waals surface area contributed by atoms with E-state index in [1.807, 2.05) is 13.0 Å². The molecule has 1 aromatic heterocycles. The Morgan fingerprint density at radius 1 is 1.28 bits per heavy atom. The van der Waals surface area contributed by atoms with E-state index in [2.05, 4.69) is 0 Å². The van der Waals surface area contributed by atoms with Gasteiger partial charge < -0.3 is 14.2 Å². The van der Waals surface area contributed by atoms with Gasteiger partial charge in [-0.05, 0) is 31.0 Å². The van der Waals surface area contributed by atoms with Crippen molar-refractivity contribution in [3.8, 4) is 5.75 Å². The number of pyridine rings is 1. The minimum absolute atomic E-state index is 0.0109. The van der Waals surface area contributed by atoms with Crippen molar-refractivity contribution in [2.75, 3.05) is 13.1 Å². The van der Waals surface area contributed by atoms with Crippen molar-refractivity contribution in [2.24, 2.45) is 7.05 Å². The highest BCUT2D eigenvalue weighted by Gasteiger charge is 2.32. The fraction of sp³-hybridized carbons (Fsp3) is 0.368. The molecule has 1 aliphatic rings. The average Bonchev–Trinajstić information content (AvgIpc) is 2.54. The number of hydrogen-bond donors (Lipinski definition) is 0. The molecule has 5 nitrogen and oxygen atoms in total. The number of halogens is 1. The molecule has 132 valence electrons. The molecule has 0 spiro atoms. The predicted molar refractivity (Wildman–Crippen MR) is 92.1 cm³/mol. The summed E-state index contributed by atoms with van der Waals surface area (Å²) in [5, 5.41) is 0. The van der Waals surface area contributed by atoms with Gasteiger partial charge in [-0.1, -0.05) is 18.2 Å². The Morgan fingerprint density at radius 3 is 2.68 bits per heavy atom. The van der Waals surface area contributed by atoms with Crippen LogP contribution < -0.4 is 10.3 Å². The normalized spacial score (nSPS) is 14.3. The molecular weight excluding hydrogens is 323 g/mol. The van der Waals surface area contributed by atoms with E-state index in [9.17, 15) is 14.0 Å². The number of rotatable bonds is 5. The third-order valence-electron chi connectivity index (χ3n) is 4.55. The van der Waals surface area contributed by atoms with Crippen molar-refractivity contribution in [1.82, 2.24) is 9.47 Å². The van der Waals surface area contributed by atoms with Gasteiger partial charge in [0.1, 0.15) is 17.7 Å². The highest BCUT2D eigenvalue weighted by atomic mass is 19.1. The second-order valence-corrected chi connectivity index (χ2v) is 6.36. The van der Waals surface area contributed by atoms with E-state index in [0.29, 0.717) is 30.8 Å². The summed E-state index contributed by atoms with van der Waals surface area (Å²) in [7, 11) is 1.71. The van der Waals surface area contributed by atoms with Crippen LogP contribution in [0, 0.1) is 12.7 Å². The van der Waals surface area contributed by atoms with Crippen LogP contribution in [-0.4, -0.2) is 34.6 Å². The summed E-state index contributed by atoms with van der Waals surface area (Å²) < 4.78 is 20.9. The first-order valence-corrected chi connectivity index (χ1v) is 8.29. The first-order chi connectivity index (χ1) is 11.9. The van der Waals surface area contributed by atoms with Crippen molar-refractivity contribution in [3.05, 3.63) is 63.8 Å². The smallest absolute Gasteiger partial charge is 0.254 e. The number of amides is 1. The molecule has 0 aliphatic carbocycles. The quantitative estimate of drug-likeness (QED) is 0.834. The Balaban J connectivity index is 1.48. The lowest BCUT2D eigenvalue weighted by Gasteiger charge is -2.39. The molecule has 0 N–H and O–H groups in total. The zero-order chi connectivity index (χ0) is 18.0. The minimum Gasteiger partial charge on any atom is -0.486 e. The summed E-state index contributed by atoms with van der Waals surface area (Å²) in [6.07, 6.45) is 0.559. The van der Waals surface area contributed by atoms with Gasteiger partial charge >= 0.3 is 0 Å². The Kier molecular flexibility index (Phi) is 4.88. The standard InChI is InChI=1S/C19H21FN2O3/c1-13-9-15(10-19(24)21(13)2)25-16-11-22(12-16)18(23)8-7-14-5-3-4-6-17(14)20/h3-6,9-10,16H,7-8,11-12H2,1-2H3. The van der Waals surface area contributed by atoms with Crippen LogP contribution in [0.25, 0.3) is 0 Å². The molecule has 1 saturated heterocycles. The van der Waals surface area contributed by atoms with Gasteiger partial charge in [-0.15, -0.1) is 0 Å². The Hall–Kier alpha value is -2.63. The van der Waals surface area contributed by atoms with E-state index in [0.717, 1.165) is 5.69 Å². The Labute approximate surface area is 145 Å². The fourth-order valence-corrected chi connectivity index (χ4v) is 2.81. The average molecular weight is 344 g/mol. The van der Waals surface area contributed by atoms with Crippen LogP contribution in [0.1, 0.15) is 17.7 Å². The number of carbonyl (C=O) groups is 1. The highest BCUT2D eigenvalue weighted by Crippen LogP contribution is 2.19. The van der Waals surface area contributed by atoms with Crippen LogP contribution in [0.4, 0.5) is 4.39 Å². The molecule has 1 fully saturated rings. The van der Waals surface area contributed by atoms with Gasteiger partial charge in [-0.2, -0.15) is 0 Å². The molecule has 0 atom stereocenters. The number of aromatic nitrogens is 1. The van der Waals surface area contributed by atoms with Gasteiger partial charge in [0.25, 0.3) is 5.56 Å². The topological polar surface area (TPSA) is 51.5 Å². The predicted octanol–water partition coefficient (Wildman–Crippen LogP) is 2.06. The lowest BCUT2D eigenvalue weighted by atomic mass is 10.1. The van der Waals surface area contributed by atoms with Crippen molar-refractivity contribution < 1.29 is 13.9 Å². The zero-order valence-corrected chi connectivity index (χ0v) is 14.4. The lowest BCUT2D eigenvalue weighted by Crippen LogP contribution is -2.56. The molecule has 0 unspecified atom stereocenters. The summed E-state index contributed by atoms with van der Waals surface area (Å²) >= 11 is 0. The zero-order valence-electron chi connectivity index (χ0n) is 14.4. The van der Waals surface area contributed by atoms with Crippen molar-refractivity contribution in [2.45, 2.75) is 25.9 Å². The lowest BCUT2D eigenvalue weighted by molar-refractivity contribution is -0.139. The second-order valence-electron chi connectivity index (χ2n) is 6.36.